The van der Waals surface area contributed by atoms with E-state index >= 15 is 0 Å². The molecule has 2 heteroatoms. The first-order valence-corrected chi connectivity index (χ1v) is 11.0. The Morgan fingerprint density at radius 3 is 2.00 bits per heavy atom. The molecule has 26 heavy (non-hydrogen) atoms. The molecule has 2 aliphatic rings. The van der Waals surface area contributed by atoms with Crippen LogP contribution in [0.15, 0.2) is 24.3 Å². The maximum absolute atomic E-state index is 11.2. The van der Waals surface area contributed by atoms with Gasteiger partial charge in [-0.15, -0.1) is 0 Å². The summed E-state index contributed by atoms with van der Waals surface area (Å²) in [4.78, 5) is 11.2. The molecule has 0 spiro atoms. The zero-order valence-corrected chi connectivity index (χ0v) is 16.3. The second-order valence-corrected chi connectivity index (χ2v) is 8.81. The van der Waals surface area contributed by atoms with Gasteiger partial charge in [-0.05, 0) is 62.0 Å². The molecule has 2 fully saturated rings. The minimum atomic E-state index is -0.566. The molecule has 0 heterocycles. The molecule has 0 radical (unpaired) electrons. The Balaban J connectivity index is 1.28. The molecular weight excluding hydrogens is 320 g/mol. The molecule has 2 nitrogen and oxygen atoms in total. The number of aliphatic carboxylic acids is 1. The zero-order valence-electron chi connectivity index (χ0n) is 16.3. The van der Waals surface area contributed by atoms with Crippen LogP contribution in [-0.4, -0.2) is 11.1 Å². The average molecular weight is 357 g/mol. The van der Waals surface area contributed by atoms with Gasteiger partial charge in [-0.3, -0.25) is 4.79 Å². The van der Waals surface area contributed by atoms with E-state index in [0.717, 1.165) is 31.6 Å². The lowest BCUT2D eigenvalue weighted by molar-refractivity contribution is -0.143. The highest BCUT2D eigenvalue weighted by molar-refractivity contribution is 5.77. The van der Waals surface area contributed by atoms with Crippen molar-refractivity contribution in [1.29, 1.82) is 0 Å². The Kier molecular flexibility index (Phi) is 7.16. The van der Waals surface area contributed by atoms with Crippen LogP contribution in [0.4, 0.5) is 0 Å². The van der Waals surface area contributed by atoms with Crippen molar-refractivity contribution in [2.24, 2.45) is 11.3 Å². The molecule has 0 aromatic heterocycles. The number of carbonyl (C=O) groups is 1. The summed E-state index contributed by atoms with van der Waals surface area (Å²) in [6, 6.07) is 8.99. The van der Waals surface area contributed by atoms with Crippen molar-refractivity contribution in [3.8, 4) is 0 Å². The van der Waals surface area contributed by atoms with Crippen LogP contribution in [0.2, 0.25) is 0 Å². The van der Waals surface area contributed by atoms with Gasteiger partial charge in [0.05, 0.1) is 5.41 Å². The fraction of sp³-hybridized carbons (Fsp3) is 0.708. The summed E-state index contributed by atoms with van der Waals surface area (Å²) in [6.45, 7) is 0. The Morgan fingerprint density at radius 2 is 1.46 bits per heavy atom. The molecule has 0 bridgehead atoms. The van der Waals surface area contributed by atoms with Gasteiger partial charge in [0, 0.05) is 0 Å². The molecule has 0 unspecified atom stereocenters. The van der Waals surface area contributed by atoms with E-state index < -0.39 is 5.97 Å². The van der Waals surface area contributed by atoms with Gasteiger partial charge >= 0.3 is 5.97 Å². The summed E-state index contributed by atoms with van der Waals surface area (Å²) in [5, 5.41) is 9.22. The Bertz CT molecular complexity index is 569. The van der Waals surface area contributed by atoms with Crippen molar-refractivity contribution in [1.82, 2.24) is 0 Å². The number of hydrogen-bond acceptors (Lipinski definition) is 1. The van der Waals surface area contributed by atoms with Crippen LogP contribution in [0.1, 0.15) is 94.6 Å². The maximum Gasteiger partial charge on any atom is 0.309 e. The topological polar surface area (TPSA) is 37.3 Å². The van der Waals surface area contributed by atoms with E-state index in [1.807, 2.05) is 0 Å². The van der Waals surface area contributed by atoms with Crippen LogP contribution >= 0.6 is 0 Å². The quantitative estimate of drug-likeness (QED) is 0.383. The van der Waals surface area contributed by atoms with E-state index in [2.05, 4.69) is 24.3 Å². The largest absolute Gasteiger partial charge is 0.481 e. The molecule has 144 valence electrons. The highest BCUT2D eigenvalue weighted by Crippen LogP contribution is 2.50. The first-order valence-electron chi connectivity index (χ1n) is 11.0. The number of hydrogen-bond donors (Lipinski definition) is 1. The summed E-state index contributed by atoms with van der Waals surface area (Å²) in [6.07, 6.45) is 18.4. The summed E-state index contributed by atoms with van der Waals surface area (Å²) in [5.41, 5.74) is 2.77. The molecular formula is C24H36O2. The second-order valence-electron chi connectivity index (χ2n) is 8.81. The van der Waals surface area contributed by atoms with Gasteiger partial charge in [0.25, 0.3) is 0 Å². The summed E-state index contributed by atoms with van der Waals surface area (Å²) in [7, 11) is 0. The highest BCUT2D eigenvalue weighted by atomic mass is 16.4. The van der Waals surface area contributed by atoms with Crippen molar-refractivity contribution in [3.05, 3.63) is 35.4 Å². The van der Waals surface area contributed by atoms with Gasteiger partial charge in [-0.2, -0.15) is 0 Å². The average Bonchev–Trinajstić information content (AvgIpc) is 3.53. The second kappa shape index (κ2) is 9.58. The molecule has 0 atom stereocenters. The van der Waals surface area contributed by atoms with Crippen LogP contribution in [0.3, 0.4) is 0 Å². The predicted octanol–water partition coefficient (Wildman–Crippen LogP) is 6.56. The summed E-state index contributed by atoms with van der Waals surface area (Å²) < 4.78 is 0. The lowest BCUT2D eigenvalue weighted by atomic mass is 9.95. The molecule has 1 aromatic rings. The Morgan fingerprint density at radius 1 is 0.885 bits per heavy atom. The van der Waals surface area contributed by atoms with Crippen molar-refractivity contribution in [2.75, 3.05) is 0 Å². The first-order chi connectivity index (χ1) is 12.7. The Hall–Kier alpha value is -1.31. The number of benzene rings is 1. The lowest BCUT2D eigenvalue weighted by Gasteiger charge is -2.11. The van der Waals surface area contributed by atoms with Gasteiger partial charge in [-0.1, -0.05) is 75.6 Å². The van der Waals surface area contributed by atoms with Crippen LogP contribution < -0.4 is 0 Å². The first kappa shape index (κ1) is 19.5. The summed E-state index contributed by atoms with van der Waals surface area (Å²) in [5.74, 6) is 0.510. The molecule has 0 amide bonds. The van der Waals surface area contributed by atoms with Crippen molar-refractivity contribution in [3.63, 3.8) is 0 Å². The minimum Gasteiger partial charge on any atom is -0.481 e. The number of unbranched alkanes of at least 4 members (excludes halogenated alkanes) is 5. The van der Waals surface area contributed by atoms with Crippen molar-refractivity contribution in [2.45, 2.75) is 96.3 Å². The van der Waals surface area contributed by atoms with Crippen LogP contribution in [0.5, 0.6) is 0 Å². The molecule has 2 saturated carbocycles. The standard InChI is InChI=1S/C24H36O2/c25-23(26)24(18-19-24)17-9-2-1-5-11-21-13-7-8-14-22(21)12-6-3-4-10-20-15-16-20/h7-8,13-14,20H,1-6,9-12,15-19H2,(H,25,26). The number of aryl methyl sites for hydroxylation is 2. The van der Waals surface area contributed by atoms with Gasteiger partial charge in [-0.25, -0.2) is 0 Å². The monoisotopic (exact) mass is 356 g/mol. The number of carboxylic acids is 1. The zero-order chi connectivity index (χ0) is 18.2. The Labute approximate surface area is 159 Å². The predicted molar refractivity (Wildman–Crippen MR) is 107 cm³/mol. The van der Waals surface area contributed by atoms with Crippen molar-refractivity contribution >= 4 is 5.97 Å². The smallest absolute Gasteiger partial charge is 0.309 e. The molecule has 1 N–H and O–H groups in total. The highest BCUT2D eigenvalue weighted by Gasteiger charge is 2.49. The molecule has 3 rings (SSSR count). The van der Waals surface area contributed by atoms with Gasteiger partial charge in [0.1, 0.15) is 0 Å². The fourth-order valence-corrected chi connectivity index (χ4v) is 4.23. The van der Waals surface area contributed by atoms with E-state index in [4.69, 9.17) is 0 Å². The molecule has 2 aliphatic carbocycles. The van der Waals surface area contributed by atoms with Gasteiger partial charge in [0.15, 0.2) is 0 Å². The molecule has 0 saturated heterocycles. The van der Waals surface area contributed by atoms with Crippen molar-refractivity contribution < 1.29 is 9.90 Å². The van der Waals surface area contributed by atoms with Gasteiger partial charge in [0.2, 0.25) is 0 Å². The van der Waals surface area contributed by atoms with E-state index in [1.54, 1.807) is 11.1 Å². The SMILES string of the molecule is O=C(O)C1(CCCCCCc2ccccc2CCCCCC2CC2)CC1. The number of carboxylic acid groups (broad SMARTS) is 1. The normalized spacial score (nSPS) is 18.0. The third-order valence-corrected chi connectivity index (χ3v) is 6.53. The van der Waals surface area contributed by atoms with Crippen LogP contribution in [-0.2, 0) is 17.6 Å². The maximum atomic E-state index is 11.2. The third kappa shape index (κ3) is 6.14. The van der Waals surface area contributed by atoms with Crippen LogP contribution in [0, 0.1) is 11.3 Å². The summed E-state index contributed by atoms with van der Waals surface area (Å²) >= 11 is 0. The number of rotatable bonds is 14. The van der Waals surface area contributed by atoms with E-state index in [1.165, 1.54) is 70.6 Å². The van der Waals surface area contributed by atoms with E-state index in [-0.39, 0.29) is 5.41 Å². The third-order valence-electron chi connectivity index (χ3n) is 6.53. The van der Waals surface area contributed by atoms with Gasteiger partial charge < -0.3 is 5.11 Å². The molecule has 1 aromatic carbocycles. The lowest BCUT2D eigenvalue weighted by Crippen LogP contribution is -2.14. The van der Waals surface area contributed by atoms with Crippen LogP contribution in [0.25, 0.3) is 0 Å². The van der Waals surface area contributed by atoms with E-state index in [9.17, 15) is 9.90 Å². The fourth-order valence-electron chi connectivity index (χ4n) is 4.23. The minimum absolute atomic E-state index is 0.327. The molecule has 0 aliphatic heterocycles. The van der Waals surface area contributed by atoms with E-state index in [0.29, 0.717) is 0 Å².